The van der Waals surface area contributed by atoms with Crippen molar-refractivity contribution in [3.8, 4) is 11.4 Å². The van der Waals surface area contributed by atoms with Gasteiger partial charge >= 0.3 is 0 Å². The molecule has 3 nitrogen and oxygen atoms in total. The first-order chi connectivity index (χ1) is 9.56. The maximum atomic E-state index is 13.2. The van der Waals surface area contributed by atoms with Gasteiger partial charge in [0, 0.05) is 10.9 Å². The molecule has 20 heavy (non-hydrogen) atoms. The van der Waals surface area contributed by atoms with Crippen molar-refractivity contribution in [2.75, 3.05) is 5.73 Å². The zero-order valence-electron chi connectivity index (χ0n) is 11.3. The summed E-state index contributed by atoms with van der Waals surface area (Å²) in [5.41, 5.74) is 9.48. The molecule has 0 bridgehead atoms. The third-order valence-corrected chi connectivity index (χ3v) is 3.39. The van der Waals surface area contributed by atoms with Crippen LogP contribution in [-0.4, -0.2) is 9.97 Å². The average molecular weight is 267 g/mol. The van der Waals surface area contributed by atoms with Crippen LogP contribution in [0.15, 0.2) is 36.4 Å². The molecule has 100 valence electrons. The summed E-state index contributed by atoms with van der Waals surface area (Å²) in [4.78, 5) is 8.91. The molecule has 0 spiro atoms. The molecule has 0 aliphatic carbocycles. The number of nitrogens with two attached hydrogens (primary N) is 1. The minimum absolute atomic E-state index is 0.268. The zero-order valence-corrected chi connectivity index (χ0v) is 11.3. The number of aryl methyl sites for hydroxylation is 2. The lowest BCUT2D eigenvalue weighted by Gasteiger charge is -2.09. The van der Waals surface area contributed by atoms with Crippen LogP contribution in [0.25, 0.3) is 22.3 Å². The normalized spacial score (nSPS) is 10.9. The Morgan fingerprint density at radius 2 is 1.80 bits per heavy atom. The number of hydrogen-bond donors (Lipinski definition) is 1. The van der Waals surface area contributed by atoms with E-state index in [0.717, 1.165) is 27.6 Å². The van der Waals surface area contributed by atoms with Crippen LogP contribution in [0.5, 0.6) is 0 Å². The van der Waals surface area contributed by atoms with Gasteiger partial charge < -0.3 is 5.73 Å². The number of nitrogen functional groups attached to an aromatic ring is 1. The van der Waals surface area contributed by atoms with E-state index in [1.807, 2.05) is 32.0 Å². The monoisotopic (exact) mass is 267 g/mol. The van der Waals surface area contributed by atoms with Crippen molar-refractivity contribution in [2.45, 2.75) is 13.8 Å². The molecule has 2 aromatic carbocycles. The van der Waals surface area contributed by atoms with Gasteiger partial charge in [-0.2, -0.15) is 0 Å². The Kier molecular flexibility index (Phi) is 2.86. The molecule has 0 unspecified atom stereocenters. The largest absolute Gasteiger partial charge is 0.383 e. The Bertz CT molecular complexity index is 812. The Morgan fingerprint density at radius 3 is 2.55 bits per heavy atom. The summed E-state index contributed by atoms with van der Waals surface area (Å²) in [5, 5.41) is 0.871. The highest BCUT2D eigenvalue weighted by molar-refractivity contribution is 5.92. The predicted molar refractivity (Wildman–Crippen MR) is 78.8 cm³/mol. The summed E-state index contributed by atoms with van der Waals surface area (Å²) >= 11 is 0. The molecule has 2 N–H and O–H groups in total. The predicted octanol–water partition coefficient (Wildman–Crippen LogP) is 3.63. The molecule has 0 fully saturated rings. The van der Waals surface area contributed by atoms with Crippen LogP contribution in [0.4, 0.5) is 10.2 Å². The maximum Gasteiger partial charge on any atom is 0.162 e. The Morgan fingerprint density at radius 1 is 1.00 bits per heavy atom. The van der Waals surface area contributed by atoms with Gasteiger partial charge in [-0.25, -0.2) is 14.4 Å². The molecule has 0 saturated heterocycles. The van der Waals surface area contributed by atoms with Gasteiger partial charge in [-0.1, -0.05) is 12.1 Å². The average Bonchev–Trinajstić information content (AvgIpc) is 2.38. The molecule has 0 amide bonds. The first kappa shape index (κ1) is 12.5. The van der Waals surface area contributed by atoms with E-state index >= 15 is 0 Å². The van der Waals surface area contributed by atoms with Crippen LogP contribution in [0.2, 0.25) is 0 Å². The molecule has 1 heterocycles. The summed E-state index contributed by atoms with van der Waals surface area (Å²) in [5.74, 6) is 0.709. The highest BCUT2D eigenvalue weighted by Crippen LogP contribution is 2.27. The molecule has 1 aromatic heterocycles. The molecule has 0 atom stereocenters. The third kappa shape index (κ3) is 1.99. The maximum absolute atomic E-state index is 13.2. The first-order valence-corrected chi connectivity index (χ1v) is 6.35. The van der Waals surface area contributed by atoms with E-state index in [2.05, 4.69) is 9.97 Å². The van der Waals surface area contributed by atoms with Crippen molar-refractivity contribution in [1.29, 1.82) is 0 Å². The van der Waals surface area contributed by atoms with Gasteiger partial charge in [-0.05, 0) is 49.2 Å². The Balaban J connectivity index is 2.28. The molecule has 4 heteroatoms. The van der Waals surface area contributed by atoms with Gasteiger partial charge in [-0.3, -0.25) is 0 Å². The summed E-state index contributed by atoms with van der Waals surface area (Å²) in [7, 11) is 0. The SMILES string of the molecule is Cc1cc(F)ccc1-c1nc(N)c2c(C)cccc2n1. The van der Waals surface area contributed by atoms with Crippen molar-refractivity contribution in [1.82, 2.24) is 9.97 Å². The first-order valence-electron chi connectivity index (χ1n) is 6.35. The number of anilines is 1. The lowest BCUT2D eigenvalue weighted by atomic mass is 10.1. The number of hydrogen-bond acceptors (Lipinski definition) is 3. The summed E-state index contributed by atoms with van der Waals surface area (Å²) < 4.78 is 13.2. The van der Waals surface area contributed by atoms with Crippen LogP contribution in [0.1, 0.15) is 11.1 Å². The molecular formula is C16H14FN3. The van der Waals surface area contributed by atoms with Gasteiger partial charge in [-0.15, -0.1) is 0 Å². The van der Waals surface area contributed by atoms with Crippen LogP contribution < -0.4 is 5.73 Å². The van der Waals surface area contributed by atoms with E-state index in [0.29, 0.717) is 11.6 Å². The highest BCUT2D eigenvalue weighted by Gasteiger charge is 2.11. The van der Waals surface area contributed by atoms with E-state index in [4.69, 9.17) is 5.73 Å². The molecular weight excluding hydrogens is 253 g/mol. The fourth-order valence-corrected chi connectivity index (χ4v) is 2.39. The lowest BCUT2D eigenvalue weighted by Crippen LogP contribution is -2.00. The molecule has 0 saturated carbocycles. The molecule has 0 radical (unpaired) electrons. The molecule has 0 aliphatic rings. The number of rotatable bonds is 1. The lowest BCUT2D eigenvalue weighted by molar-refractivity contribution is 0.627. The topological polar surface area (TPSA) is 51.8 Å². The summed E-state index contributed by atoms with van der Waals surface area (Å²) in [6.45, 7) is 3.81. The molecule has 3 rings (SSSR count). The Labute approximate surface area is 116 Å². The minimum atomic E-state index is -0.268. The highest BCUT2D eigenvalue weighted by atomic mass is 19.1. The smallest absolute Gasteiger partial charge is 0.162 e. The van der Waals surface area contributed by atoms with Gasteiger partial charge in [0.2, 0.25) is 0 Å². The van der Waals surface area contributed by atoms with E-state index in [1.165, 1.54) is 12.1 Å². The zero-order chi connectivity index (χ0) is 14.3. The van der Waals surface area contributed by atoms with Gasteiger partial charge in [0.05, 0.1) is 5.52 Å². The second kappa shape index (κ2) is 4.56. The van der Waals surface area contributed by atoms with E-state index in [9.17, 15) is 4.39 Å². The van der Waals surface area contributed by atoms with Crippen LogP contribution in [-0.2, 0) is 0 Å². The van der Waals surface area contributed by atoms with Crippen molar-refractivity contribution < 1.29 is 4.39 Å². The van der Waals surface area contributed by atoms with Crippen LogP contribution in [0, 0.1) is 19.7 Å². The second-order valence-corrected chi connectivity index (χ2v) is 4.86. The molecule has 3 aromatic rings. The number of aromatic nitrogens is 2. The van der Waals surface area contributed by atoms with Crippen molar-refractivity contribution in [3.63, 3.8) is 0 Å². The van der Waals surface area contributed by atoms with Crippen LogP contribution in [0.3, 0.4) is 0 Å². The van der Waals surface area contributed by atoms with E-state index in [-0.39, 0.29) is 5.82 Å². The van der Waals surface area contributed by atoms with Crippen LogP contribution >= 0.6 is 0 Å². The fraction of sp³-hybridized carbons (Fsp3) is 0.125. The van der Waals surface area contributed by atoms with Gasteiger partial charge in [0.25, 0.3) is 0 Å². The third-order valence-electron chi connectivity index (χ3n) is 3.39. The van der Waals surface area contributed by atoms with Crippen molar-refractivity contribution >= 4 is 16.7 Å². The van der Waals surface area contributed by atoms with Crippen molar-refractivity contribution in [3.05, 3.63) is 53.3 Å². The summed E-state index contributed by atoms with van der Waals surface area (Å²) in [6.07, 6.45) is 0. The van der Waals surface area contributed by atoms with E-state index < -0.39 is 0 Å². The van der Waals surface area contributed by atoms with Gasteiger partial charge in [0.1, 0.15) is 11.6 Å². The van der Waals surface area contributed by atoms with Crippen molar-refractivity contribution in [2.24, 2.45) is 0 Å². The number of nitrogens with zero attached hydrogens (tertiary/aromatic N) is 2. The summed E-state index contributed by atoms with van der Waals surface area (Å²) in [6, 6.07) is 10.4. The minimum Gasteiger partial charge on any atom is -0.383 e. The molecule has 0 aliphatic heterocycles. The number of halogens is 1. The Hall–Kier alpha value is -2.49. The van der Waals surface area contributed by atoms with Gasteiger partial charge in [0.15, 0.2) is 5.82 Å². The quantitative estimate of drug-likeness (QED) is 0.732. The fourth-order valence-electron chi connectivity index (χ4n) is 2.39. The van der Waals surface area contributed by atoms with E-state index in [1.54, 1.807) is 6.07 Å². The standard InChI is InChI=1S/C16H14FN3/c1-9-4-3-5-13-14(9)15(18)20-16(19-13)12-7-6-11(17)8-10(12)2/h3-8H,1-2H3,(H2,18,19,20). The number of benzene rings is 2. The number of fused-ring (bicyclic) bond motifs is 1. The second-order valence-electron chi connectivity index (χ2n) is 4.86.